The van der Waals surface area contributed by atoms with Crippen molar-refractivity contribution in [1.82, 2.24) is 0 Å². The van der Waals surface area contributed by atoms with E-state index in [2.05, 4.69) is 0 Å². The quantitative estimate of drug-likeness (QED) is 0.802. The monoisotopic (exact) mass is 291 g/mol. The summed E-state index contributed by atoms with van der Waals surface area (Å²) in [7, 11) is -3.53. The van der Waals surface area contributed by atoms with Crippen molar-refractivity contribution in [2.45, 2.75) is 11.8 Å². The molecule has 1 unspecified atom stereocenters. The van der Waals surface area contributed by atoms with E-state index in [4.69, 9.17) is 28.5 Å². The lowest BCUT2D eigenvalue weighted by Crippen LogP contribution is -2.16. The SMILES string of the molecule is CC(CCl)CS(=O)(=O)c1cccc(Cl)c1C#N. The van der Waals surface area contributed by atoms with Crippen molar-refractivity contribution in [3.63, 3.8) is 0 Å². The molecular formula is C11H11Cl2NO2S. The maximum atomic E-state index is 12.1. The number of hydrogen-bond acceptors (Lipinski definition) is 3. The van der Waals surface area contributed by atoms with Gasteiger partial charge in [0.25, 0.3) is 0 Å². The number of nitrogens with zero attached hydrogens (tertiary/aromatic N) is 1. The van der Waals surface area contributed by atoms with Gasteiger partial charge in [0, 0.05) is 5.88 Å². The lowest BCUT2D eigenvalue weighted by molar-refractivity contribution is 0.583. The van der Waals surface area contributed by atoms with Crippen molar-refractivity contribution in [1.29, 1.82) is 5.26 Å². The summed E-state index contributed by atoms with van der Waals surface area (Å²) in [4.78, 5) is -0.0236. The molecule has 1 aromatic carbocycles. The average Bonchev–Trinajstić information content (AvgIpc) is 2.28. The molecule has 6 heteroatoms. The first-order valence-corrected chi connectivity index (χ1v) is 7.46. The van der Waals surface area contributed by atoms with E-state index in [-0.39, 0.29) is 33.0 Å². The second-order valence-electron chi connectivity index (χ2n) is 3.77. The topological polar surface area (TPSA) is 57.9 Å². The largest absolute Gasteiger partial charge is 0.224 e. The zero-order valence-corrected chi connectivity index (χ0v) is 11.5. The van der Waals surface area contributed by atoms with Crippen LogP contribution in [0.2, 0.25) is 5.02 Å². The zero-order valence-electron chi connectivity index (χ0n) is 9.15. The van der Waals surface area contributed by atoms with Gasteiger partial charge in [-0.2, -0.15) is 5.26 Å². The minimum Gasteiger partial charge on any atom is -0.224 e. The van der Waals surface area contributed by atoms with Gasteiger partial charge in [-0.25, -0.2) is 8.42 Å². The molecule has 0 fully saturated rings. The molecular weight excluding hydrogens is 281 g/mol. The third-order valence-corrected chi connectivity index (χ3v) is 5.05. The summed E-state index contributed by atoms with van der Waals surface area (Å²) in [6, 6.07) is 6.21. The van der Waals surface area contributed by atoms with Crippen LogP contribution in [0.3, 0.4) is 0 Å². The van der Waals surface area contributed by atoms with Crippen molar-refractivity contribution in [3.05, 3.63) is 28.8 Å². The van der Waals surface area contributed by atoms with Gasteiger partial charge in [-0.1, -0.05) is 24.6 Å². The molecule has 1 aromatic rings. The van der Waals surface area contributed by atoms with E-state index in [1.165, 1.54) is 18.2 Å². The number of sulfone groups is 1. The lowest BCUT2D eigenvalue weighted by Gasteiger charge is -2.10. The summed E-state index contributed by atoms with van der Waals surface area (Å²) in [5, 5.41) is 9.07. The van der Waals surface area contributed by atoms with Crippen LogP contribution >= 0.6 is 23.2 Å². The lowest BCUT2D eigenvalue weighted by atomic mass is 10.2. The van der Waals surface area contributed by atoms with Gasteiger partial charge in [0.05, 0.1) is 21.2 Å². The van der Waals surface area contributed by atoms with Crippen LogP contribution in [-0.2, 0) is 9.84 Å². The Labute approximate surface area is 111 Å². The van der Waals surface area contributed by atoms with Crippen molar-refractivity contribution in [2.75, 3.05) is 11.6 Å². The fourth-order valence-corrected chi connectivity index (χ4v) is 3.69. The number of halogens is 2. The van der Waals surface area contributed by atoms with Gasteiger partial charge in [-0.05, 0) is 18.1 Å². The Balaban J connectivity index is 3.26. The number of nitriles is 1. The Morgan fingerprint density at radius 2 is 2.12 bits per heavy atom. The molecule has 0 aliphatic carbocycles. The van der Waals surface area contributed by atoms with Crippen LogP contribution in [0.25, 0.3) is 0 Å². The highest BCUT2D eigenvalue weighted by Crippen LogP contribution is 2.25. The van der Waals surface area contributed by atoms with Crippen LogP contribution in [-0.4, -0.2) is 20.1 Å². The van der Waals surface area contributed by atoms with Crippen LogP contribution in [0.15, 0.2) is 23.1 Å². The highest BCUT2D eigenvalue weighted by atomic mass is 35.5. The van der Waals surface area contributed by atoms with Gasteiger partial charge < -0.3 is 0 Å². The van der Waals surface area contributed by atoms with Gasteiger partial charge in [0.2, 0.25) is 0 Å². The van der Waals surface area contributed by atoms with Crippen LogP contribution in [0, 0.1) is 17.2 Å². The molecule has 0 bridgehead atoms. The Morgan fingerprint density at radius 1 is 1.47 bits per heavy atom. The van der Waals surface area contributed by atoms with Crippen molar-refractivity contribution in [2.24, 2.45) is 5.92 Å². The summed E-state index contributed by atoms with van der Waals surface area (Å²) in [6.45, 7) is 1.74. The molecule has 0 aromatic heterocycles. The van der Waals surface area contributed by atoms with Crippen LogP contribution in [0.1, 0.15) is 12.5 Å². The maximum absolute atomic E-state index is 12.1. The molecule has 0 aliphatic rings. The zero-order chi connectivity index (χ0) is 13.1. The number of benzene rings is 1. The number of hydrogen-bond donors (Lipinski definition) is 0. The van der Waals surface area contributed by atoms with Crippen LogP contribution < -0.4 is 0 Å². The van der Waals surface area contributed by atoms with E-state index < -0.39 is 9.84 Å². The second-order valence-corrected chi connectivity index (χ2v) is 6.48. The second kappa shape index (κ2) is 5.72. The Hall–Kier alpha value is -0.760. The molecule has 0 heterocycles. The van der Waals surface area contributed by atoms with E-state index >= 15 is 0 Å². The van der Waals surface area contributed by atoms with E-state index in [0.717, 1.165) is 0 Å². The van der Waals surface area contributed by atoms with Crippen LogP contribution in [0.4, 0.5) is 0 Å². The Kier molecular flexibility index (Phi) is 4.81. The molecule has 1 rings (SSSR count). The summed E-state index contributed by atoms with van der Waals surface area (Å²) in [5.74, 6) is -0.0140. The molecule has 1 atom stereocenters. The van der Waals surface area contributed by atoms with Gasteiger partial charge >= 0.3 is 0 Å². The first kappa shape index (κ1) is 14.3. The molecule has 17 heavy (non-hydrogen) atoms. The highest BCUT2D eigenvalue weighted by molar-refractivity contribution is 7.91. The Bertz CT molecular complexity index is 549. The molecule has 0 saturated heterocycles. The van der Waals surface area contributed by atoms with E-state index in [9.17, 15) is 8.42 Å². The predicted octanol–water partition coefficient (Wildman–Crippen LogP) is 2.86. The molecule has 0 spiro atoms. The predicted molar refractivity (Wildman–Crippen MR) is 68.1 cm³/mol. The molecule has 0 aliphatic heterocycles. The van der Waals surface area contributed by atoms with Crippen molar-refractivity contribution in [3.8, 4) is 6.07 Å². The summed E-state index contributed by atoms with van der Waals surface area (Å²) in [5.41, 5.74) is -0.00376. The van der Waals surface area contributed by atoms with Gasteiger partial charge in [-0.15, -0.1) is 11.6 Å². The van der Waals surface area contributed by atoms with E-state index in [1.807, 2.05) is 6.07 Å². The third-order valence-electron chi connectivity index (χ3n) is 2.19. The molecule has 3 nitrogen and oxygen atoms in total. The van der Waals surface area contributed by atoms with Crippen molar-refractivity contribution < 1.29 is 8.42 Å². The van der Waals surface area contributed by atoms with Gasteiger partial charge in [-0.3, -0.25) is 0 Å². The summed E-state index contributed by atoms with van der Waals surface area (Å²) >= 11 is 11.4. The fourth-order valence-electron chi connectivity index (χ4n) is 1.38. The van der Waals surface area contributed by atoms with Crippen LogP contribution in [0.5, 0.6) is 0 Å². The number of rotatable bonds is 4. The third kappa shape index (κ3) is 3.35. The number of alkyl halides is 1. The summed E-state index contributed by atoms with van der Waals surface area (Å²) < 4.78 is 24.1. The molecule has 0 amide bonds. The van der Waals surface area contributed by atoms with Gasteiger partial charge in [0.1, 0.15) is 6.07 Å². The first-order valence-electron chi connectivity index (χ1n) is 4.89. The average molecular weight is 292 g/mol. The van der Waals surface area contributed by atoms with E-state index in [1.54, 1.807) is 6.92 Å². The fraction of sp³-hybridized carbons (Fsp3) is 0.364. The summed E-state index contributed by atoms with van der Waals surface area (Å²) in [6.07, 6.45) is 0. The first-order chi connectivity index (χ1) is 7.92. The molecule has 0 radical (unpaired) electrons. The van der Waals surface area contributed by atoms with E-state index in [0.29, 0.717) is 0 Å². The standard InChI is InChI=1S/C11H11Cl2NO2S/c1-8(5-12)7-17(15,16)11-4-2-3-10(13)9(11)6-14/h2-4,8H,5,7H2,1H3. The van der Waals surface area contributed by atoms with Gasteiger partial charge in [0.15, 0.2) is 9.84 Å². The normalized spacial score (nSPS) is 13.1. The Morgan fingerprint density at radius 3 is 2.65 bits per heavy atom. The maximum Gasteiger partial charge on any atom is 0.180 e. The molecule has 0 saturated carbocycles. The van der Waals surface area contributed by atoms with Crippen molar-refractivity contribution >= 4 is 33.0 Å². The smallest absolute Gasteiger partial charge is 0.180 e. The molecule has 0 N–H and O–H groups in total. The molecule has 92 valence electrons. The minimum absolute atomic E-state index is 0.00376. The highest BCUT2D eigenvalue weighted by Gasteiger charge is 2.22. The minimum atomic E-state index is -3.53.